The quantitative estimate of drug-likeness (QED) is 0.870. The molecule has 0 unspecified atom stereocenters. The lowest BCUT2D eigenvalue weighted by molar-refractivity contribution is 0.0993. The molecule has 110 valence electrons. The lowest BCUT2D eigenvalue weighted by Crippen LogP contribution is -2.26. The number of carbonyl (C=O) groups is 1. The van der Waals surface area contributed by atoms with Gasteiger partial charge in [0.05, 0.1) is 6.54 Å². The van der Waals surface area contributed by atoms with Crippen molar-refractivity contribution in [2.45, 2.75) is 19.5 Å². The lowest BCUT2D eigenvalue weighted by atomic mass is 10.1. The normalized spacial score (nSPS) is 14.0. The van der Waals surface area contributed by atoms with Crippen LogP contribution in [0.2, 0.25) is 5.02 Å². The molecule has 0 atom stereocenters. The Kier molecular flexibility index (Phi) is 4.01. The molecule has 7 heteroatoms. The first kappa shape index (κ1) is 14.6. The van der Waals surface area contributed by atoms with Gasteiger partial charge in [0.1, 0.15) is 0 Å². The molecule has 0 saturated heterocycles. The third-order valence-electron chi connectivity index (χ3n) is 3.49. The monoisotopic (exact) mass is 368 g/mol. The van der Waals surface area contributed by atoms with E-state index in [-0.39, 0.29) is 0 Å². The van der Waals surface area contributed by atoms with Crippen LogP contribution in [0.4, 0.5) is 0 Å². The molecule has 2 heterocycles. The Morgan fingerprint density at radius 3 is 3.00 bits per heavy atom. The molecule has 21 heavy (non-hydrogen) atoms. The fourth-order valence-electron chi connectivity index (χ4n) is 2.62. The Morgan fingerprint density at radius 1 is 1.48 bits per heavy atom. The first-order valence-electron chi connectivity index (χ1n) is 6.58. The van der Waals surface area contributed by atoms with Gasteiger partial charge in [-0.05, 0) is 23.8 Å². The number of nitrogens with zero attached hydrogens (tertiary/aromatic N) is 2. The zero-order valence-electron chi connectivity index (χ0n) is 11.2. The fraction of sp³-hybridized carbons (Fsp3) is 0.286. The average Bonchev–Trinajstić information content (AvgIpc) is 2.77. The molecule has 5 nitrogen and oxygen atoms in total. The van der Waals surface area contributed by atoms with E-state index >= 15 is 0 Å². The minimum absolute atomic E-state index is 0.360. The van der Waals surface area contributed by atoms with Crippen molar-refractivity contribution in [1.29, 1.82) is 0 Å². The number of nitrogens with two attached hydrogens (primary N) is 1. The van der Waals surface area contributed by atoms with Crippen LogP contribution < -0.4 is 11.1 Å². The van der Waals surface area contributed by atoms with Crippen molar-refractivity contribution in [3.63, 3.8) is 0 Å². The third kappa shape index (κ3) is 2.97. The molecular weight excluding hydrogens is 356 g/mol. The van der Waals surface area contributed by atoms with Crippen molar-refractivity contribution in [3.8, 4) is 0 Å². The van der Waals surface area contributed by atoms with Gasteiger partial charge < -0.3 is 11.1 Å². The summed E-state index contributed by atoms with van der Waals surface area (Å²) in [4.78, 5) is 11.5. The number of carbonyl (C=O) groups excluding carboxylic acids is 1. The summed E-state index contributed by atoms with van der Waals surface area (Å²) in [7, 11) is 0. The van der Waals surface area contributed by atoms with Crippen molar-refractivity contribution < 1.29 is 4.79 Å². The summed E-state index contributed by atoms with van der Waals surface area (Å²) in [6.07, 6.45) is 0.831. The molecule has 3 rings (SSSR count). The van der Waals surface area contributed by atoms with Crippen molar-refractivity contribution in [3.05, 3.63) is 50.2 Å². The van der Waals surface area contributed by atoms with E-state index in [9.17, 15) is 4.79 Å². The van der Waals surface area contributed by atoms with Crippen LogP contribution in [-0.4, -0.2) is 22.2 Å². The molecular formula is C14H14BrClN4O. The molecule has 1 amide bonds. The van der Waals surface area contributed by atoms with Crippen LogP contribution in [0.3, 0.4) is 0 Å². The second-order valence-corrected chi connectivity index (χ2v) is 6.35. The predicted molar refractivity (Wildman–Crippen MR) is 84.4 cm³/mol. The zero-order valence-corrected chi connectivity index (χ0v) is 13.5. The van der Waals surface area contributed by atoms with Crippen molar-refractivity contribution in [2.75, 3.05) is 6.54 Å². The van der Waals surface area contributed by atoms with E-state index in [0.29, 0.717) is 23.8 Å². The zero-order chi connectivity index (χ0) is 15.0. The fourth-order valence-corrected chi connectivity index (χ4v) is 3.55. The SMILES string of the molecule is NC(=O)c1nn(Cc2cc(Cl)cc(Br)c2)c2c1CNCC2. The maximum Gasteiger partial charge on any atom is 0.269 e. The Bertz CT molecular complexity index is 693. The number of primary amides is 1. The second kappa shape index (κ2) is 5.79. The minimum Gasteiger partial charge on any atom is -0.364 e. The Hall–Kier alpha value is -1.37. The summed E-state index contributed by atoms with van der Waals surface area (Å²) >= 11 is 9.50. The van der Waals surface area contributed by atoms with E-state index in [4.69, 9.17) is 17.3 Å². The second-order valence-electron chi connectivity index (χ2n) is 5.00. The number of hydrogen-bond acceptors (Lipinski definition) is 3. The summed E-state index contributed by atoms with van der Waals surface area (Å²) in [5, 5.41) is 8.30. The molecule has 0 spiro atoms. The number of rotatable bonds is 3. The predicted octanol–water partition coefficient (Wildman–Crippen LogP) is 2.09. The molecule has 0 saturated carbocycles. The molecule has 1 aliphatic heterocycles. The highest BCUT2D eigenvalue weighted by molar-refractivity contribution is 9.10. The van der Waals surface area contributed by atoms with Crippen LogP contribution in [0, 0.1) is 0 Å². The molecule has 0 aliphatic carbocycles. The highest BCUT2D eigenvalue weighted by Gasteiger charge is 2.23. The molecule has 1 aromatic heterocycles. The van der Waals surface area contributed by atoms with E-state index in [0.717, 1.165) is 34.3 Å². The molecule has 0 radical (unpaired) electrons. The van der Waals surface area contributed by atoms with E-state index in [1.807, 2.05) is 22.9 Å². The smallest absolute Gasteiger partial charge is 0.269 e. The summed E-state index contributed by atoms with van der Waals surface area (Å²) in [6, 6.07) is 5.72. The van der Waals surface area contributed by atoms with Gasteiger partial charge in [0.2, 0.25) is 0 Å². The van der Waals surface area contributed by atoms with Gasteiger partial charge in [-0.25, -0.2) is 0 Å². The van der Waals surface area contributed by atoms with Crippen molar-refractivity contribution >= 4 is 33.4 Å². The number of amides is 1. The number of halogens is 2. The van der Waals surface area contributed by atoms with E-state index in [1.54, 1.807) is 0 Å². The van der Waals surface area contributed by atoms with Crippen LogP contribution in [0.1, 0.15) is 27.3 Å². The number of nitrogens with one attached hydrogen (secondary N) is 1. The molecule has 2 aromatic rings. The Morgan fingerprint density at radius 2 is 2.29 bits per heavy atom. The van der Waals surface area contributed by atoms with Crippen LogP contribution >= 0.6 is 27.5 Å². The van der Waals surface area contributed by atoms with Gasteiger partial charge in [-0.3, -0.25) is 9.48 Å². The lowest BCUT2D eigenvalue weighted by Gasteiger charge is -2.15. The van der Waals surface area contributed by atoms with Crippen LogP contribution in [0.5, 0.6) is 0 Å². The molecule has 0 fully saturated rings. The van der Waals surface area contributed by atoms with Gasteiger partial charge in [-0.2, -0.15) is 5.10 Å². The molecule has 0 bridgehead atoms. The number of benzene rings is 1. The van der Waals surface area contributed by atoms with E-state index in [1.165, 1.54) is 0 Å². The Labute approximate surface area is 135 Å². The molecule has 1 aliphatic rings. The topological polar surface area (TPSA) is 72.9 Å². The largest absolute Gasteiger partial charge is 0.364 e. The van der Waals surface area contributed by atoms with Gasteiger partial charge >= 0.3 is 0 Å². The third-order valence-corrected chi connectivity index (χ3v) is 4.17. The summed E-state index contributed by atoms with van der Waals surface area (Å²) in [5.41, 5.74) is 8.78. The van der Waals surface area contributed by atoms with Crippen molar-refractivity contribution in [2.24, 2.45) is 5.73 Å². The highest BCUT2D eigenvalue weighted by atomic mass is 79.9. The Balaban J connectivity index is 2.00. The first-order valence-corrected chi connectivity index (χ1v) is 7.75. The van der Waals surface area contributed by atoms with Gasteiger partial charge in [-0.1, -0.05) is 27.5 Å². The highest BCUT2D eigenvalue weighted by Crippen LogP contribution is 2.23. The average molecular weight is 370 g/mol. The van der Waals surface area contributed by atoms with Gasteiger partial charge in [0, 0.05) is 40.3 Å². The summed E-state index contributed by atoms with van der Waals surface area (Å²) in [6.45, 7) is 2.07. The standard InChI is InChI=1S/C14H14BrClN4O/c15-9-3-8(4-10(16)5-9)7-20-12-1-2-18-6-11(12)13(19-20)14(17)21/h3-5,18H,1-2,6-7H2,(H2,17,21). The van der Waals surface area contributed by atoms with Gasteiger partial charge in [0.15, 0.2) is 5.69 Å². The first-order chi connectivity index (χ1) is 10.0. The molecule has 1 aromatic carbocycles. The van der Waals surface area contributed by atoms with Gasteiger partial charge in [0.25, 0.3) is 5.91 Å². The van der Waals surface area contributed by atoms with E-state index < -0.39 is 5.91 Å². The van der Waals surface area contributed by atoms with Crippen LogP contribution in [-0.2, 0) is 19.5 Å². The van der Waals surface area contributed by atoms with Crippen LogP contribution in [0.15, 0.2) is 22.7 Å². The summed E-state index contributed by atoms with van der Waals surface area (Å²) in [5.74, 6) is -0.485. The maximum absolute atomic E-state index is 11.5. The summed E-state index contributed by atoms with van der Waals surface area (Å²) < 4.78 is 2.77. The molecule has 3 N–H and O–H groups in total. The maximum atomic E-state index is 11.5. The van der Waals surface area contributed by atoms with Crippen molar-refractivity contribution in [1.82, 2.24) is 15.1 Å². The number of fused-ring (bicyclic) bond motifs is 1. The van der Waals surface area contributed by atoms with Crippen LogP contribution in [0.25, 0.3) is 0 Å². The van der Waals surface area contributed by atoms with Gasteiger partial charge in [-0.15, -0.1) is 0 Å². The van der Waals surface area contributed by atoms with E-state index in [2.05, 4.69) is 26.3 Å². The minimum atomic E-state index is -0.485. The number of aromatic nitrogens is 2. The number of hydrogen-bond donors (Lipinski definition) is 2.